The number of rotatable bonds is 2. The second-order valence-corrected chi connectivity index (χ2v) is 6.24. The third-order valence-electron chi connectivity index (χ3n) is 4.51. The van der Waals surface area contributed by atoms with Crippen molar-refractivity contribution < 1.29 is 13.2 Å². The first-order chi connectivity index (χ1) is 8.55. The van der Waals surface area contributed by atoms with Crippen LogP contribution < -0.4 is 0 Å². The van der Waals surface area contributed by atoms with Crippen molar-refractivity contribution in [3.8, 4) is 0 Å². The van der Waals surface area contributed by atoms with Gasteiger partial charge in [0.2, 0.25) is 0 Å². The van der Waals surface area contributed by atoms with Crippen molar-refractivity contribution in [3.05, 3.63) is 0 Å². The maximum absolute atomic E-state index is 13.9. The van der Waals surface area contributed by atoms with Crippen molar-refractivity contribution >= 4 is 0 Å². The molecule has 2 heterocycles. The molecule has 3 unspecified atom stereocenters. The lowest BCUT2D eigenvalue weighted by atomic mass is 9.71. The maximum atomic E-state index is 13.9. The molecule has 94 valence electrons. The Morgan fingerprint density at radius 2 is 2.31 bits per heavy atom. The monoisotopic (exact) mass is 232 g/mol. The number of alkyl halides is 1. The molecule has 3 heteroatoms. The quantitative estimate of drug-likeness (QED) is 0.725. The molecule has 2 nitrogen and oxygen atoms in total. The highest BCUT2D eigenvalue weighted by molar-refractivity contribution is 5.12. The van der Waals surface area contributed by atoms with Crippen LogP contribution in [0.1, 0.15) is 44.1 Å². The molecule has 2 saturated heterocycles. The van der Waals surface area contributed by atoms with E-state index in [1.54, 1.807) is 0 Å². The average Bonchev–Trinajstić information content (AvgIpc) is 2.68. The number of hydrogen-bond donors (Lipinski definition) is 0. The first kappa shape index (κ1) is 8.87. The third kappa shape index (κ3) is 1.68. The van der Waals surface area contributed by atoms with Crippen molar-refractivity contribution in [2.24, 2.45) is 5.41 Å². The van der Waals surface area contributed by atoms with Gasteiger partial charge in [0.25, 0.3) is 0 Å². The molecule has 3 atom stereocenters. The zero-order valence-corrected chi connectivity index (χ0v) is 10.4. The normalized spacial score (nSPS) is 43.9. The number of ether oxygens (including phenoxy) is 1. The summed E-state index contributed by atoms with van der Waals surface area (Å²) in [5.41, 5.74) is -0.155. The van der Waals surface area contributed by atoms with Crippen LogP contribution in [0, 0.1) is 5.41 Å². The Bertz CT molecular complexity index is 342. The molecule has 0 spiro atoms. The molecule has 0 saturated carbocycles. The Hall–Kier alpha value is -0.150. The van der Waals surface area contributed by atoms with E-state index in [1.807, 2.05) is 0 Å². The van der Waals surface area contributed by atoms with Gasteiger partial charge in [-0.1, -0.05) is 20.8 Å². The van der Waals surface area contributed by atoms with Crippen LogP contribution >= 0.6 is 0 Å². The van der Waals surface area contributed by atoms with Crippen molar-refractivity contribution in [1.82, 2.24) is 4.90 Å². The summed E-state index contributed by atoms with van der Waals surface area (Å²) in [5.74, 6) is 0. The van der Waals surface area contributed by atoms with Crippen LogP contribution in [0.25, 0.3) is 0 Å². The van der Waals surface area contributed by atoms with Crippen molar-refractivity contribution in [3.63, 3.8) is 0 Å². The molecule has 0 radical (unpaired) electrons. The molecular formula is C13H24FNO. The van der Waals surface area contributed by atoms with Gasteiger partial charge in [-0.25, -0.2) is 4.39 Å². The van der Waals surface area contributed by atoms with Gasteiger partial charge in [0.05, 0.1) is 10.7 Å². The van der Waals surface area contributed by atoms with Crippen molar-refractivity contribution in [2.45, 2.75) is 57.8 Å². The summed E-state index contributed by atoms with van der Waals surface area (Å²) in [4.78, 5) is 2.17. The fourth-order valence-corrected chi connectivity index (χ4v) is 3.62. The molecule has 2 rings (SSSR count). The fourth-order valence-electron chi connectivity index (χ4n) is 3.62. The minimum absolute atomic E-state index is 0.0113. The summed E-state index contributed by atoms with van der Waals surface area (Å²) < 4.78 is 40.2. The van der Waals surface area contributed by atoms with Crippen LogP contribution in [-0.2, 0) is 4.74 Å². The highest BCUT2D eigenvalue weighted by Crippen LogP contribution is 2.52. The summed E-state index contributed by atoms with van der Waals surface area (Å²) in [6, 6.07) is 0.0281. The van der Waals surface area contributed by atoms with Gasteiger partial charge in [0.15, 0.2) is 0 Å². The third-order valence-corrected chi connectivity index (χ3v) is 4.51. The molecule has 0 N–H and O–H groups in total. The smallest absolute Gasteiger partial charge is 0.115 e. The largest absolute Gasteiger partial charge is 0.383 e. The van der Waals surface area contributed by atoms with Crippen LogP contribution in [0.2, 0.25) is 0 Å². The molecular weight excluding hydrogens is 205 g/mol. The number of methoxy groups -OCH3 is 1. The summed E-state index contributed by atoms with van der Waals surface area (Å²) in [6.07, 6.45) is 1.56. The summed E-state index contributed by atoms with van der Waals surface area (Å²) in [7, 11) is -2.36. The molecule has 2 aliphatic rings. The highest BCUT2D eigenvalue weighted by Gasteiger charge is 2.58. The molecule has 2 aliphatic heterocycles. The minimum Gasteiger partial charge on any atom is -0.383 e. The molecule has 0 aromatic carbocycles. The van der Waals surface area contributed by atoms with Crippen LogP contribution in [0.5, 0.6) is 0 Å². The van der Waals surface area contributed by atoms with E-state index in [9.17, 15) is 4.39 Å². The Morgan fingerprint density at radius 1 is 1.56 bits per heavy atom. The molecule has 16 heavy (non-hydrogen) atoms. The van der Waals surface area contributed by atoms with Crippen molar-refractivity contribution in [1.29, 1.82) is 0 Å². The molecule has 0 aliphatic carbocycles. The van der Waals surface area contributed by atoms with E-state index in [0.29, 0.717) is 13.0 Å². The van der Waals surface area contributed by atoms with Gasteiger partial charge >= 0.3 is 0 Å². The van der Waals surface area contributed by atoms with Gasteiger partial charge < -0.3 is 4.74 Å². The van der Waals surface area contributed by atoms with E-state index in [2.05, 4.69) is 25.7 Å². The Kier molecular flexibility index (Phi) is 2.19. The Morgan fingerprint density at radius 3 is 2.94 bits per heavy atom. The van der Waals surface area contributed by atoms with Gasteiger partial charge in [-0.05, 0) is 24.7 Å². The lowest BCUT2D eigenvalue weighted by Gasteiger charge is -2.45. The van der Waals surface area contributed by atoms with E-state index in [1.165, 1.54) is 0 Å². The summed E-state index contributed by atoms with van der Waals surface area (Å²) in [6.45, 7) is 7.01. The summed E-state index contributed by atoms with van der Waals surface area (Å²) in [5, 5.41) is 0. The second-order valence-electron chi connectivity index (χ2n) is 6.24. The zero-order valence-electron chi connectivity index (χ0n) is 13.4. The first-order valence-corrected chi connectivity index (χ1v) is 6.10. The van der Waals surface area contributed by atoms with E-state index < -0.39 is 13.2 Å². The van der Waals surface area contributed by atoms with E-state index in [0.717, 1.165) is 12.8 Å². The van der Waals surface area contributed by atoms with Gasteiger partial charge in [0.1, 0.15) is 6.17 Å². The number of fused-ring (bicyclic) bond motifs is 1. The molecule has 0 bridgehead atoms. The maximum Gasteiger partial charge on any atom is 0.115 e. The van der Waals surface area contributed by atoms with Crippen LogP contribution in [0.15, 0.2) is 0 Å². The molecule has 0 aromatic heterocycles. The SMILES string of the molecule is [2H]C([2H])([2H])OCC1CCC2(C(C)(C)C)CC(F)CN12. The van der Waals surface area contributed by atoms with E-state index >= 15 is 0 Å². The highest BCUT2D eigenvalue weighted by atomic mass is 19.1. The Labute approximate surface area is 102 Å². The van der Waals surface area contributed by atoms with Gasteiger partial charge in [-0.2, -0.15) is 0 Å². The van der Waals surface area contributed by atoms with Gasteiger partial charge in [-0.3, -0.25) is 4.90 Å². The predicted octanol–water partition coefficient (Wildman–Crippen LogP) is 2.62. The average molecular weight is 232 g/mol. The van der Waals surface area contributed by atoms with Crippen LogP contribution in [0.4, 0.5) is 4.39 Å². The number of hydrogen-bond acceptors (Lipinski definition) is 2. The summed E-state index contributed by atoms with van der Waals surface area (Å²) >= 11 is 0. The topological polar surface area (TPSA) is 12.5 Å². The van der Waals surface area contributed by atoms with E-state index in [-0.39, 0.29) is 23.6 Å². The van der Waals surface area contributed by atoms with Crippen LogP contribution in [0.3, 0.4) is 0 Å². The second kappa shape index (κ2) is 3.95. The molecule has 2 fully saturated rings. The Balaban J connectivity index is 2.11. The predicted molar refractivity (Wildman–Crippen MR) is 63.3 cm³/mol. The van der Waals surface area contributed by atoms with Crippen molar-refractivity contribution in [2.75, 3.05) is 20.2 Å². The fraction of sp³-hybridized carbons (Fsp3) is 1.00. The molecule has 0 aromatic rings. The molecule has 0 amide bonds. The van der Waals surface area contributed by atoms with E-state index in [4.69, 9.17) is 8.85 Å². The number of halogens is 1. The number of nitrogens with zero attached hydrogens (tertiary/aromatic N) is 1. The van der Waals surface area contributed by atoms with Crippen LogP contribution in [-0.4, -0.2) is 42.8 Å². The minimum atomic E-state index is -2.36. The van der Waals surface area contributed by atoms with Gasteiger partial charge in [-0.15, -0.1) is 0 Å². The first-order valence-electron chi connectivity index (χ1n) is 7.60. The lowest BCUT2D eigenvalue weighted by molar-refractivity contribution is 0.0199. The van der Waals surface area contributed by atoms with Gasteiger partial charge in [0, 0.05) is 25.2 Å². The standard InChI is InChI=1S/C13H24FNO/c1-12(2,3)13-6-5-11(9-16-4)15(13)8-10(14)7-13/h10-11H,5-9H2,1-4H3/i4D3. The lowest BCUT2D eigenvalue weighted by Crippen LogP contribution is -2.52. The zero-order chi connectivity index (χ0) is 14.5.